The van der Waals surface area contributed by atoms with Gasteiger partial charge >= 0.3 is 0 Å². The number of nitrogens with one attached hydrogen (secondary N) is 3. The topological polar surface area (TPSA) is 75.3 Å². The van der Waals surface area contributed by atoms with Crippen molar-refractivity contribution >= 4 is 73.1 Å². The molecule has 0 saturated heterocycles. The Hall–Kier alpha value is -3.14. The lowest BCUT2D eigenvalue weighted by molar-refractivity contribution is -0.115. The molecule has 0 radical (unpaired) electrons. The largest absolute Gasteiger partial charge is 0.497 e. The second kappa shape index (κ2) is 10.7. The molecule has 0 saturated carbocycles. The van der Waals surface area contributed by atoms with E-state index in [1.54, 1.807) is 7.11 Å². The van der Waals surface area contributed by atoms with Gasteiger partial charge in [0.2, 0.25) is 5.91 Å². The van der Waals surface area contributed by atoms with Crippen molar-refractivity contribution in [1.82, 2.24) is 4.98 Å². The van der Waals surface area contributed by atoms with Crippen LogP contribution in [0.25, 0.3) is 10.2 Å². The van der Waals surface area contributed by atoms with E-state index in [4.69, 9.17) is 17.0 Å². The molecule has 3 aromatic carbocycles. The number of nitrogens with zero attached hydrogens (tertiary/aromatic N) is 1. The van der Waals surface area contributed by atoms with Crippen molar-refractivity contribution in [2.75, 3.05) is 23.1 Å². The minimum atomic E-state index is -0.309. The Morgan fingerprint density at radius 3 is 2.55 bits per heavy atom. The summed E-state index contributed by atoms with van der Waals surface area (Å²) in [6.45, 7) is 1.87. The van der Waals surface area contributed by atoms with Crippen molar-refractivity contribution in [3.8, 4) is 5.75 Å². The number of carbonyl (C=O) groups is 1. The van der Waals surface area contributed by atoms with Crippen molar-refractivity contribution < 1.29 is 9.53 Å². The van der Waals surface area contributed by atoms with Gasteiger partial charge in [0.1, 0.15) is 5.75 Å². The first-order chi connectivity index (χ1) is 16.0. The molecule has 1 atom stereocenters. The standard InChI is InChI=1S/C24H22N4O2S3/c1-15(22(29)28-24-27-20-12-11-18(30-2)14-21(20)33-24)32-19-10-6-9-17(13-19)26-23(31)25-16-7-4-3-5-8-16/h3-15H,1-2H3,(H2,25,26,31)(H,27,28,29). The molecule has 1 amide bonds. The van der Waals surface area contributed by atoms with Gasteiger partial charge in [-0.1, -0.05) is 35.6 Å². The van der Waals surface area contributed by atoms with Crippen LogP contribution in [-0.2, 0) is 4.79 Å². The predicted molar refractivity (Wildman–Crippen MR) is 143 cm³/mol. The van der Waals surface area contributed by atoms with Crippen LogP contribution in [0.2, 0.25) is 0 Å². The molecule has 0 aliphatic heterocycles. The van der Waals surface area contributed by atoms with E-state index >= 15 is 0 Å². The molecule has 168 valence electrons. The quantitative estimate of drug-likeness (QED) is 0.208. The fraction of sp³-hybridized carbons (Fsp3) is 0.125. The zero-order chi connectivity index (χ0) is 23.2. The van der Waals surface area contributed by atoms with E-state index in [0.29, 0.717) is 10.2 Å². The first kappa shape index (κ1) is 23.0. The number of amides is 1. The molecule has 4 aromatic rings. The average Bonchev–Trinajstić information content (AvgIpc) is 3.21. The normalized spacial score (nSPS) is 11.6. The van der Waals surface area contributed by atoms with Gasteiger partial charge in [-0.2, -0.15) is 0 Å². The van der Waals surface area contributed by atoms with Crippen LogP contribution >= 0.6 is 35.3 Å². The van der Waals surface area contributed by atoms with Crippen LogP contribution < -0.4 is 20.7 Å². The van der Waals surface area contributed by atoms with Crippen molar-refractivity contribution in [1.29, 1.82) is 0 Å². The fourth-order valence-electron chi connectivity index (χ4n) is 3.01. The minimum Gasteiger partial charge on any atom is -0.497 e. The number of thiocarbonyl (C=S) groups is 1. The second-order valence-electron chi connectivity index (χ2n) is 7.07. The molecule has 0 fully saturated rings. The van der Waals surface area contributed by atoms with Crippen LogP contribution in [0.1, 0.15) is 6.92 Å². The van der Waals surface area contributed by atoms with Crippen LogP contribution in [0.4, 0.5) is 16.5 Å². The lowest BCUT2D eigenvalue weighted by Gasteiger charge is -2.13. The number of benzene rings is 3. The zero-order valence-electron chi connectivity index (χ0n) is 18.0. The van der Waals surface area contributed by atoms with E-state index in [9.17, 15) is 4.79 Å². The van der Waals surface area contributed by atoms with Gasteiger partial charge in [-0.3, -0.25) is 4.79 Å². The molecular weight excluding hydrogens is 472 g/mol. The van der Waals surface area contributed by atoms with E-state index in [1.165, 1.54) is 23.1 Å². The predicted octanol–water partition coefficient (Wildman–Crippen LogP) is 6.23. The van der Waals surface area contributed by atoms with Crippen LogP contribution in [-0.4, -0.2) is 28.4 Å². The van der Waals surface area contributed by atoms with Crippen molar-refractivity contribution in [3.63, 3.8) is 0 Å². The summed E-state index contributed by atoms with van der Waals surface area (Å²) >= 11 is 8.30. The van der Waals surface area contributed by atoms with Crippen LogP contribution in [0.5, 0.6) is 5.75 Å². The maximum Gasteiger partial charge on any atom is 0.239 e. The maximum atomic E-state index is 12.7. The summed E-state index contributed by atoms with van der Waals surface area (Å²) in [5, 5.41) is 10.0. The Morgan fingerprint density at radius 1 is 1.00 bits per heavy atom. The summed E-state index contributed by atoms with van der Waals surface area (Å²) in [6, 6.07) is 23.2. The van der Waals surface area contributed by atoms with Gasteiger partial charge in [-0.25, -0.2) is 4.98 Å². The van der Waals surface area contributed by atoms with Gasteiger partial charge in [0.25, 0.3) is 0 Å². The number of thioether (sulfide) groups is 1. The summed E-state index contributed by atoms with van der Waals surface area (Å²) < 4.78 is 6.21. The SMILES string of the molecule is COc1ccc2nc(NC(=O)C(C)Sc3cccc(NC(=S)Nc4ccccc4)c3)sc2c1. The number of aromatic nitrogens is 1. The molecule has 4 rings (SSSR count). The Balaban J connectivity index is 1.35. The van der Waals surface area contributed by atoms with Crippen molar-refractivity contribution in [2.45, 2.75) is 17.1 Å². The summed E-state index contributed by atoms with van der Waals surface area (Å²) in [6.07, 6.45) is 0. The molecule has 9 heteroatoms. The van der Waals surface area contributed by atoms with Crippen LogP contribution in [0.3, 0.4) is 0 Å². The number of carbonyl (C=O) groups excluding carboxylic acids is 1. The number of hydrogen-bond donors (Lipinski definition) is 3. The Kier molecular flexibility index (Phi) is 7.43. The molecular formula is C24H22N4O2S3. The number of ether oxygens (including phenoxy) is 1. The summed E-state index contributed by atoms with van der Waals surface area (Å²) in [5.74, 6) is 0.658. The summed E-state index contributed by atoms with van der Waals surface area (Å²) in [5.41, 5.74) is 2.59. The molecule has 3 N–H and O–H groups in total. The monoisotopic (exact) mass is 494 g/mol. The number of hydrogen-bond acceptors (Lipinski definition) is 6. The third-order valence-corrected chi connectivity index (χ3v) is 6.86. The highest BCUT2D eigenvalue weighted by Crippen LogP contribution is 2.31. The molecule has 33 heavy (non-hydrogen) atoms. The Morgan fingerprint density at radius 2 is 1.76 bits per heavy atom. The van der Waals surface area contributed by atoms with Gasteiger partial charge in [-0.05, 0) is 67.7 Å². The lowest BCUT2D eigenvalue weighted by Crippen LogP contribution is -2.22. The molecule has 0 bridgehead atoms. The van der Waals surface area contributed by atoms with Crippen LogP contribution in [0, 0.1) is 0 Å². The van der Waals surface area contributed by atoms with E-state index < -0.39 is 0 Å². The summed E-state index contributed by atoms with van der Waals surface area (Å²) in [4.78, 5) is 18.2. The number of para-hydroxylation sites is 1. The van der Waals surface area contributed by atoms with Crippen molar-refractivity contribution in [3.05, 3.63) is 72.8 Å². The Bertz CT molecular complexity index is 1280. The summed E-state index contributed by atoms with van der Waals surface area (Å²) in [7, 11) is 1.63. The van der Waals surface area contributed by atoms with Crippen molar-refractivity contribution in [2.24, 2.45) is 0 Å². The number of rotatable bonds is 7. The first-order valence-corrected chi connectivity index (χ1v) is 12.3. The highest BCUT2D eigenvalue weighted by Gasteiger charge is 2.17. The third kappa shape index (κ3) is 6.22. The van der Waals surface area contributed by atoms with E-state index in [0.717, 1.165) is 32.2 Å². The second-order valence-corrected chi connectivity index (χ2v) is 9.93. The number of thiazole rings is 1. The van der Waals surface area contributed by atoms with Gasteiger partial charge in [0.15, 0.2) is 10.2 Å². The molecule has 0 spiro atoms. The smallest absolute Gasteiger partial charge is 0.239 e. The van der Waals surface area contributed by atoms with Crippen LogP contribution in [0.15, 0.2) is 77.7 Å². The van der Waals surface area contributed by atoms with Gasteiger partial charge in [0.05, 0.1) is 22.6 Å². The highest BCUT2D eigenvalue weighted by molar-refractivity contribution is 8.00. The molecule has 0 aliphatic carbocycles. The molecule has 0 aliphatic rings. The number of fused-ring (bicyclic) bond motifs is 1. The van der Waals surface area contributed by atoms with E-state index in [1.807, 2.05) is 79.7 Å². The fourth-order valence-corrected chi connectivity index (χ4v) is 5.07. The molecule has 6 nitrogen and oxygen atoms in total. The average molecular weight is 495 g/mol. The van der Waals surface area contributed by atoms with Gasteiger partial charge in [-0.15, -0.1) is 11.8 Å². The van der Waals surface area contributed by atoms with Gasteiger partial charge < -0.3 is 20.7 Å². The highest BCUT2D eigenvalue weighted by atomic mass is 32.2. The molecule has 1 unspecified atom stereocenters. The number of anilines is 3. The maximum absolute atomic E-state index is 12.7. The first-order valence-electron chi connectivity index (χ1n) is 10.2. The van der Waals surface area contributed by atoms with E-state index in [2.05, 4.69) is 20.9 Å². The Labute approximate surface area is 205 Å². The number of methoxy groups -OCH3 is 1. The zero-order valence-corrected chi connectivity index (χ0v) is 20.4. The van der Waals surface area contributed by atoms with E-state index in [-0.39, 0.29) is 11.2 Å². The minimum absolute atomic E-state index is 0.106. The molecule has 1 aromatic heterocycles. The van der Waals surface area contributed by atoms with Gasteiger partial charge in [0, 0.05) is 16.3 Å². The molecule has 1 heterocycles. The third-order valence-electron chi connectivity index (χ3n) is 4.63. The lowest BCUT2D eigenvalue weighted by atomic mass is 10.3.